The Morgan fingerprint density at radius 2 is 2.00 bits per heavy atom. The van der Waals surface area contributed by atoms with Gasteiger partial charge in [-0.3, -0.25) is 9.59 Å². The summed E-state index contributed by atoms with van der Waals surface area (Å²) in [6, 6.07) is -0.993. The highest BCUT2D eigenvalue weighted by molar-refractivity contribution is 5.89. The lowest BCUT2D eigenvalue weighted by Gasteiger charge is -2.26. The minimum absolute atomic E-state index is 0.0756. The first-order chi connectivity index (χ1) is 6.95. The Labute approximate surface area is 89.8 Å². The van der Waals surface area contributed by atoms with Crippen LogP contribution in [-0.2, 0) is 9.59 Å². The zero-order valence-electron chi connectivity index (χ0n) is 9.27. The third kappa shape index (κ3) is 2.47. The maximum atomic E-state index is 11.9. The summed E-state index contributed by atoms with van der Waals surface area (Å²) < 4.78 is 0. The molecule has 2 unspecified atom stereocenters. The number of hydrogen-bond acceptors (Lipinski definition) is 3. The molecule has 0 aromatic rings. The molecule has 0 aliphatic carbocycles. The van der Waals surface area contributed by atoms with E-state index in [2.05, 4.69) is 0 Å². The fraction of sp³-hybridized carbons (Fsp3) is 0.800. The van der Waals surface area contributed by atoms with E-state index in [4.69, 9.17) is 11.5 Å². The number of hydrogen-bond donors (Lipinski definition) is 2. The van der Waals surface area contributed by atoms with Crippen LogP contribution >= 0.6 is 0 Å². The first kappa shape index (κ1) is 12.0. The van der Waals surface area contributed by atoms with Crippen LogP contribution in [0, 0.1) is 5.92 Å². The number of carbonyl (C=O) groups is 2. The summed E-state index contributed by atoms with van der Waals surface area (Å²) in [4.78, 5) is 24.5. The van der Waals surface area contributed by atoms with Crippen LogP contribution in [0.15, 0.2) is 0 Å². The van der Waals surface area contributed by atoms with Gasteiger partial charge in [-0.1, -0.05) is 13.8 Å². The van der Waals surface area contributed by atoms with Gasteiger partial charge in [-0.25, -0.2) is 0 Å². The molecule has 1 aliphatic rings. The fourth-order valence-corrected chi connectivity index (χ4v) is 1.80. The highest BCUT2D eigenvalue weighted by Crippen LogP contribution is 2.18. The van der Waals surface area contributed by atoms with Gasteiger partial charge in [0.1, 0.15) is 6.04 Å². The third-order valence-corrected chi connectivity index (χ3v) is 2.87. The number of nitrogens with zero attached hydrogens (tertiary/aromatic N) is 1. The van der Waals surface area contributed by atoms with Crippen LogP contribution < -0.4 is 11.5 Å². The second-order valence-electron chi connectivity index (χ2n) is 4.36. The number of amides is 2. The summed E-state index contributed by atoms with van der Waals surface area (Å²) in [6.07, 6.45) is 1.48. The Morgan fingerprint density at radius 3 is 2.47 bits per heavy atom. The topological polar surface area (TPSA) is 89.4 Å². The van der Waals surface area contributed by atoms with E-state index in [1.54, 1.807) is 0 Å². The number of likely N-dealkylation sites (tertiary alicyclic amines) is 1. The van der Waals surface area contributed by atoms with Crippen LogP contribution in [0.4, 0.5) is 0 Å². The second kappa shape index (κ2) is 4.61. The quantitative estimate of drug-likeness (QED) is 0.659. The number of nitrogens with two attached hydrogens (primary N) is 2. The molecular weight excluding hydrogens is 194 g/mol. The van der Waals surface area contributed by atoms with E-state index in [1.807, 2.05) is 13.8 Å². The molecule has 0 aromatic carbocycles. The van der Waals surface area contributed by atoms with Crippen LogP contribution in [0.25, 0.3) is 0 Å². The largest absolute Gasteiger partial charge is 0.368 e. The Bertz CT molecular complexity index is 265. The first-order valence-corrected chi connectivity index (χ1v) is 5.30. The molecule has 0 spiro atoms. The zero-order chi connectivity index (χ0) is 11.6. The van der Waals surface area contributed by atoms with Gasteiger partial charge in [-0.05, 0) is 18.8 Å². The minimum atomic E-state index is -0.537. The highest BCUT2D eigenvalue weighted by Gasteiger charge is 2.35. The smallest absolute Gasteiger partial charge is 0.240 e. The summed E-state index contributed by atoms with van der Waals surface area (Å²) in [6.45, 7) is 4.36. The summed E-state index contributed by atoms with van der Waals surface area (Å²) in [5.41, 5.74) is 11.0. The molecule has 2 amide bonds. The normalized spacial score (nSPS) is 23.2. The van der Waals surface area contributed by atoms with E-state index in [9.17, 15) is 9.59 Å². The Morgan fingerprint density at radius 1 is 1.40 bits per heavy atom. The minimum Gasteiger partial charge on any atom is -0.368 e. The molecule has 1 aliphatic heterocycles. The van der Waals surface area contributed by atoms with Crippen molar-refractivity contribution in [1.29, 1.82) is 0 Å². The molecule has 0 saturated carbocycles. The molecule has 1 heterocycles. The van der Waals surface area contributed by atoms with Crippen molar-refractivity contribution in [3.63, 3.8) is 0 Å². The van der Waals surface area contributed by atoms with Crippen molar-refractivity contribution in [2.45, 2.75) is 38.8 Å². The summed E-state index contributed by atoms with van der Waals surface area (Å²) >= 11 is 0. The standard InChI is InChI=1S/C10H19N3O2/c1-6(2)8(11)10(15)13-5-3-4-7(13)9(12)14/h6-8H,3-5,11H2,1-2H3,(H2,12,14). The summed E-state index contributed by atoms with van der Waals surface area (Å²) in [7, 11) is 0. The number of primary amides is 1. The zero-order valence-corrected chi connectivity index (χ0v) is 9.27. The monoisotopic (exact) mass is 213 g/mol. The van der Waals surface area contributed by atoms with Gasteiger partial charge >= 0.3 is 0 Å². The number of rotatable bonds is 3. The lowest BCUT2D eigenvalue weighted by atomic mass is 10.0. The van der Waals surface area contributed by atoms with E-state index in [0.717, 1.165) is 6.42 Å². The van der Waals surface area contributed by atoms with Crippen molar-refractivity contribution in [2.75, 3.05) is 6.54 Å². The van der Waals surface area contributed by atoms with Gasteiger partial charge in [0.2, 0.25) is 11.8 Å². The lowest BCUT2D eigenvalue weighted by Crippen LogP contribution is -2.51. The van der Waals surface area contributed by atoms with E-state index in [-0.39, 0.29) is 11.8 Å². The molecule has 0 radical (unpaired) electrons. The van der Waals surface area contributed by atoms with Gasteiger partial charge in [0.15, 0.2) is 0 Å². The van der Waals surface area contributed by atoms with Crippen LogP contribution in [-0.4, -0.2) is 35.3 Å². The van der Waals surface area contributed by atoms with Crippen molar-refractivity contribution in [1.82, 2.24) is 4.90 Å². The number of carbonyl (C=O) groups excluding carboxylic acids is 2. The Kier molecular flexibility index (Phi) is 3.68. The molecule has 5 nitrogen and oxygen atoms in total. The van der Waals surface area contributed by atoms with Crippen molar-refractivity contribution in [3.05, 3.63) is 0 Å². The third-order valence-electron chi connectivity index (χ3n) is 2.87. The average Bonchev–Trinajstić information content (AvgIpc) is 2.63. The molecule has 1 rings (SSSR count). The Hall–Kier alpha value is -1.10. The van der Waals surface area contributed by atoms with E-state index in [0.29, 0.717) is 13.0 Å². The molecular formula is C10H19N3O2. The van der Waals surface area contributed by atoms with Crippen LogP contribution in [0.2, 0.25) is 0 Å². The maximum Gasteiger partial charge on any atom is 0.240 e. The van der Waals surface area contributed by atoms with Crippen LogP contribution in [0.5, 0.6) is 0 Å². The summed E-state index contributed by atoms with van der Waals surface area (Å²) in [5, 5.41) is 0. The predicted molar refractivity (Wildman–Crippen MR) is 56.7 cm³/mol. The SMILES string of the molecule is CC(C)C(N)C(=O)N1CCCC1C(N)=O. The van der Waals surface area contributed by atoms with Crippen molar-refractivity contribution < 1.29 is 9.59 Å². The van der Waals surface area contributed by atoms with Gasteiger partial charge in [-0.15, -0.1) is 0 Å². The highest BCUT2D eigenvalue weighted by atomic mass is 16.2. The molecule has 15 heavy (non-hydrogen) atoms. The molecule has 1 saturated heterocycles. The fourth-order valence-electron chi connectivity index (χ4n) is 1.80. The molecule has 4 N–H and O–H groups in total. The van der Waals surface area contributed by atoms with Crippen molar-refractivity contribution in [3.8, 4) is 0 Å². The van der Waals surface area contributed by atoms with E-state index < -0.39 is 18.0 Å². The van der Waals surface area contributed by atoms with Gasteiger partial charge in [0.25, 0.3) is 0 Å². The molecule has 2 atom stereocenters. The van der Waals surface area contributed by atoms with E-state index in [1.165, 1.54) is 4.90 Å². The lowest BCUT2D eigenvalue weighted by molar-refractivity contribution is -0.139. The van der Waals surface area contributed by atoms with Crippen LogP contribution in [0.3, 0.4) is 0 Å². The molecule has 86 valence electrons. The molecule has 1 fully saturated rings. The van der Waals surface area contributed by atoms with Gasteiger partial charge in [0.05, 0.1) is 6.04 Å². The molecule has 0 aromatic heterocycles. The first-order valence-electron chi connectivity index (χ1n) is 5.30. The maximum absolute atomic E-state index is 11.9. The van der Waals surface area contributed by atoms with Gasteiger partial charge in [0, 0.05) is 6.54 Å². The predicted octanol–water partition coefficient (Wildman–Crippen LogP) is -0.554. The van der Waals surface area contributed by atoms with Gasteiger partial charge in [-0.2, -0.15) is 0 Å². The van der Waals surface area contributed by atoms with E-state index >= 15 is 0 Å². The second-order valence-corrected chi connectivity index (χ2v) is 4.36. The van der Waals surface area contributed by atoms with Crippen LogP contribution in [0.1, 0.15) is 26.7 Å². The van der Waals surface area contributed by atoms with Crippen molar-refractivity contribution >= 4 is 11.8 Å². The average molecular weight is 213 g/mol. The Balaban J connectivity index is 2.70. The van der Waals surface area contributed by atoms with Gasteiger partial charge < -0.3 is 16.4 Å². The molecule has 0 bridgehead atoms. The van der Waals surface area contributed by atoms with Crippen molar-refractivity contribution in [2.24, 2.45) is 17.4 Å². The molecule has 5 heteroatoms. The summed E-state index contributed by atoms with van der Waals surface area (Å²) in [5.74, 6) is -0.519.